The lowest BCUT2D eigenvalue weighted by Gasteiger charge is -2.26. The molecule has 4 heteroatoms. The summed E-state index contributed by atoms with van der Waals surface area (Å²) in [6, 6.07) is 74.1. The first kappa shape index (κ1) is 33.2. The lowest BCUT2D eigenvalue weighted by atomic mass is 10.0. The number of rotatable bonds is 4. The van der Waals surface area contributed by atoms with E-state index in [1.807, 2.05) is 11.3 Å². The minimum Gasteiger partial charge on any atom is -0.342 e. The highest BCUT2D eigenvalue weighted by Crippen LogP contribution is 2.44. The molecule has 12 aromatic rings. The van der Waals surface area contributed by atoms with E-state index in [-0.39, 0.29) is 0 Å². The van der Waals surface area contributed by atoms with Crippen molar-refractivity contribution < 1.29 is 0 Å². The number of hydrogen-bond acceptors (Lipinski definition) is 2. The van der Waals surface area contributed by atoms with Gasteiger partial charge in [0, 0.05) is 71.3 Å². The molecule has 0 bridgehead atoms. The number of nitrogens with zero attached hydrogens (tertiary/aromatic N) is 3. The lowest BCUT2D eigenvalue weighted by Crippen LogP contribution is -2.11. The van der Waals surface area contributed by atoms with Crippen molar-refractivity contribution in [3.05, 3.63) is 206 Å². The molecule has 0 fully saturated rings. The highest BCUT2D eigenvalue weighted by Gasteiger charge is 2.22. The molecule has 0 spiro atoms. The second kappa shape index (κ2) is 13.6. The van der Waals surface area contributed by atoms with Crippen molar-refractivity contribution in [3.63, 3.8) is 0 Å². The number of thiophene rings is 1. The molecule has 0 N–H and O–H groups in total. The Morgan fingerprint density at radius 2 is 0.912 bits per heavy atom. The van der Waals surface area contributed by atoms with E-state index in [4.69, 9.17) is 0 Å². The Morgan fingerprint density at radius 3 is 1.58 bits per heavy atom. The molecule has 0 aliphatic carbocycles. The highest BCUT2D eigenvalue weighted by molar-refractivity contribution is 7.25. The van der Waals surface area contributed by atoms with Gasteiger partial charge in [0.2, 0.25) is 0 Å². The van der Waals surface area contributed by atoms with E-state index < -0.39 is 0 Å². The predicted octanol–water partition coefficient (Wildman–Crippen LogP) is 15.1. The molecule has 0 atom stereocenters. The zero-order valence-electron chi connectivity index (χ0n) is 31.4. The van der Waals surface area contributed by atoms with E-state index in [0.717, 1.165) is 22.7 Å². The van der Waals surface area contributed by atoms with Crippen LogP contribution >= 0.6 is 11.3 Å². The van der Waals surface area contributed by atoms with Crippen LogP contribution in [0.4, 0.5) is 17.1 Å². The third kappa shape index (κ3) is 5.41. The molecule has 9 aromatic carbocycles. The summed E-state index contributed by atoms with van der Waals surface area (Å²) in [7, 11) is 2.20. The van der Waals surface area contributed by atoms with Gasteiger partial charge in [-0.2, -0.15) is 0 Å². The van der Waals surface area contributed by atoms with Crippen LogP contribution in [0.1, 0.15) is 0 Å². The van der Waals surface area contributed by atoms with Crippen LogP contribution in [0.2, 0.25) is 0 Å². The number of aryl methyl sites for hydroxylation is 1. The normalized spacial score (nSPS) is 11.6. The monoisotopic (exact) mass is 747 g/mol. The molecule has 0 amide bonds. The molecular weight excluding hydrogens is 711 g/mol. The Balaban J connectivity index is 0.000000242. The average molecular weight is 748 g/mol. The number of anilines is 3. The summed E-state index contributed by atoms with van der Waals surface area (Å²) in [5.74, 6) is 0. The van der Waals surface area contributed by atoms with Gasteiger partial charge in [-0.1, -0.05) is 140 Å². The van der Waals surface area contributed by atoms with Gasteiger partial charge in [-0.25, -0.2) is 0 Å². The van der Waals surface area contributed by atoms with Crippen molar-refractivity contribution in [3.8, 4) is 5.69 Å². The fourth-order valence-electron chi connectivity index (χ4n) is 8.85. The van der Waals surface area contributed by atoms with Gasteiger partial charge in [-0.05, 0) is 77.5 Å². The topological polar surface area (TPSA) is 13.1 Å². The highest BCUT2D eigenvalue weighted by atomic mass is 32.1. The number of fused-ring (bicyclic) bond motifs is 11. The number of aromatic nitrogens is 2. The van der Waals surface area contributed by atoms with Crippen molar-refractivity contribution in [1.82, 2.24) is 9.13 Å². The van der Waals surface area contributed by atoms with Gasteiger partial charge in [-0.15, -0.1) is 11.3 Å². The van der Waals surface area contributed by atoms with Gasteiger partial charge in [0.15, 0.2) is 0 Å². The van der Waals surface area contributed by atoms with Crippen LogP contribution in [0, 0.1) is 0 Å². The van der Waals surface area contributed by atoms with Gasteiger partial charge < -0.3 is 14.0 Å². The summed E-state index contributed by atoms with van der Waals surface area (Å²) < 4.78 is 7.60. The van der Waals surface area contributed by atoms with Gasteiger partial charge >= 0.3 is 0 Å². The van der Waals surface area contributed by atoms with Crippen molar-refractivity contribution in [2.75, 3.05) is 4.90 Å². The Morgan fingerprint density at radius 1 is 0.386 bits per heavy atom. The van der Waals surface area contributed by atoms with E-state index in [0.29, 0.717) is 0 Å². The number of para-hydroxylation sites is 4. The Hall–Kier alpha value is -7.14. The molecule has 0 saturated carbocycles. The fraction of sp³-hybridized carbons (Fsp3) is 0.0189. The van der Waals surface area contributed by atoms with Crippen LogP contribution in [0.25, 0.3) is 80.2 Å². The third-order valence-electron chi connectivity index (χ3n) is 11.3. The molecule has 0 saturated heterocycles. The van der Waals surface area contributed by atoms with Crippen LogP contribution in [0.3, 0.4) is 0 Å². The number of hydrogen-bond donors (Lipinski definition) is 0. The Bertz CT molecular complexity index is 3340. The van der Waals surface area contributed by atoms with Crippen molar-refractivity contribution in [1.29, 1.82) is 0 Å². The van der Waals surface area contributed by atoms with Crippen LogP contribution in [-0.4, -0.2) is 9.13 Å². The summed E-state index contributed by atoms with van der Waals surface area (Å²) in [4.78, 5) is 2.37. The zero-order chi connectivity index (χ0) is 37.9. The molecule has 3 heterocycles. The summed E-state index contributed by atoms with van der Waals surface area (Å²) in [5.41, 5.74) is 9.37. The van der Waals surface area contributed by atoms with Crippen molar-refractivity contribution in [2.24, 2.45) is 7.05 Å². The average Bonchev–Trinajstić information content (AvgIpc) is 3.92. The molecule has 12 rings (SSSR count). The van der Waals surface area contributed by atoms with E-state index in [1.165, 1.54) is 74.6 Å². The molecule has 3 nitrogen and oxygen atoms in total. The maximum Gasteiger partial charge on any atom is 0.0735 e. The molecule has 3 aromatic heterocycles. The lowest BCUT2D eigenvalue weighted by molar-refractivity contribution is 1.00. The quantitative estimate of drug-likeness (QED) is 0.175. The summed E-state index contributed by atoms with van der Waals surface area (Å²) in [5, 5.41) is 10.3. The predicted molar refractivity (Wildman–Crippen MR) is 246 cm³/mol. The van der Waals surface area contributed by atoms with Gasteiger partial charge in [-0.3, -0.25) is 0 Å². The molecule has 57 heavy (non-hydrogen) atoms. The maximum atomic E-state index is 2.48. The molecular formula is C53H37N3S. The smallest absolute Gasteiger partial charge is 0.0735 e. The van der Waals surface area contributed by atoms with Gasteiger partial charge in [0.1, 0.15) is 0 Å². The summed E-state index contributed by atoms with van der Waals surface area (Å²) >= 11 is 1.86. The summed E-state index contributed by atoms with van der Waals surface area (Å²) in [6.07, 6.45) is 0. The van der Waals surface area contributed by atoms with Crippen LogP contribution < -0.4 is 4.90 Å². The summed E-state index contributed by atoms with van der Waals surface area (Å²) in [6.45, 7) is 0. The Labute approximate surface area is 334 Å². The van der Waals surface area contributed by atoms with Crippen LogP contribution in [0.15, 0.2) is 206 Å². The standard InChI is InChI=1S/C41H29N3.C12H8S/c1-42-36-22-12-10-20-33(36)35-26-31(43(29-15-4-2-5-16-29)30-17-6-3-7-18-30)27-39(41(35)42)44-37-23-13-11-21-34(37)40-32-19-9-8-14-28(32)24-25-38(40)44;1-3-7-11-9(5-1)10-6-2-4-8-12(10)13-11/h2-27H,1H3;1-8H. The second-order valence-corrected chi connectivity index (χ2v) is 15.7. The van der Waals surface area contributed by atoms with Gasteiger partial charge in [0.05, 0.1) is 22.2 Å². The van der Waals surface area contributed by atoms with E-state index in [1.54, 1.807) is 0 Å². The van der Waals surface area contributed by atoms with E-state index in [2.05, 4.69) is 227 Å². The first-order valence-electron chi connectivity index (χ1n) is 19.4. The second-order valence-electron chi connectivity index (χ2n) is 14.6. The fourth-order valence-corrected chi connectivity index (χ4v) is 9.96. The number of benzene rings is 9. The van der Waals surface area contributed by atoms with Gasteiger partial charge in [0.25, 0.3) is 0 Å². The van der Waals surface area contributed by atoms with Crippen LogP contribution in [0.5, 0.6) is 0 Å². The van der Waals surface area contributed by atoms with Crippen molar-refractivity contribution >= 4 is 103 Å². The first-order chi connectivity index (χ1) is 28.2. The molecule has 0 unspecified atom stereocenters. The van der Waals surface area contributed by atoms with Crippen LogP contribution in [-0.2, 0) is 7.05 Å². The van der Waals surface area contributed by atoms with Crippen molar-refractivity contribution in [2.45, 2.75) is 0 Å². The molecule has 270 valence electrons. The molecule has 0 aliphatic rings. The third-order valence-corrected chi connectivity index (χ3v) is 12.5. The molecule has 0 aliphatic heterocycles. The van der Waals surface area contributed by atoms with E-state index >= 15 is 0 Å². The minimum atomic E-state index is 1.12. The maximum absolute atomic E-state index is 2.48. The first-order valence-corrected chi connectivity index (χ1v) is 20.2. The molecule has 0 radical (unpaired) electrons. The SMILES string of the molecule is Cn1c2ccccc2c2cc(N(c3ccccc3)c3ccccc3)cc(-n3c4ccccc4c4c5ccccc5ccc43)c21.c1ccc2c(c1)sc1ccccc12. The largest absolute Gasteiger partial charge is 0.342 e. The zero-order valence-corrected chi connectivity index (χ0v) is 32.2. The minimum absolute atomic E-state index is 1.12. The Kier molecular flexibility index (Phi) is 7.90. The van der Waals surface area contributed by atoms with E-state index in [9.17, 15) is 0 Å².